The van der Waals surface area contributed by atoms with Crippen LogP contribution in [0.15, 0.2) is 12.1 Å². The molecule has 0 saturated heterocycles. The molecule has 10 heteroatoms. The van der Waals surface area contributed by atoms with Crippen molar-refractivity contribution in [3.63, 3.8) is 0 Å². The molecule has 0 aliphatic rings. The minimum atomic E-state index is -0.631. The van der Waals surface area contributed by atoms with E-state index in [1.807, 2.05) is 0 Å². The maximum Gasteiger partial charge on any atom is 0.336 e. The molecular weight excluding hydrogens is 244 g/mol. The Labute approximate surface area is 99.5 Å². The molecule has 10 nitrogen and oxygen atoms in total. The summed E-state index contributed by atoms with van der Waals surface area (Å²) < 4.78 is 4.72. The minimum Gasteiger partial charge on any atom is -0.466 e. The van der Waals surface area contributed by atoms with Crippen molar-refractivity contribution in [2.24, 2.45) is 0 Å². The Balaban J connectivity index is 2.09. The number of H-pyrrole nitrogens is 2. The molecule has 94 valence electrons. The van der Waals surface area contributed by atoms with E-state index >= 15 is 0 Å². The third kappa shape index (κ3) is 2.26. The summed E-state index contributed by atoms with van der Waals surface area (Å²) in [5, 5.41) is 18.8. The second kappa shape index (κ2) is 4.53. The zero-order valence-corrected chi connectivity index (χ0v) is 9.13. The average molecular weight is 252 g/mol. The number of anilines is 1. The SMILES string of the molecule is COc1n[nH]c(NC(=O)c2ccc([N+](=O)[O-])[nH]2)n1. The summed E-state index contributed by atoms with van der Waals surface area (Å²) in [6.07, 6.45) is 0. The fraction of sp³-hybridized carbons (Fsp3) is 0.125. The number of rotatable bonds is 4. The monoisotopic (exact) mass is 252 g/mol. The number of hydrogen-bond donors (Lipinski definition) is 3. The molecule has 2 aromatic rings. The van der Waals surface area contributed by atoms with Gasteiger partial charge in [0.25, 0.3) is 5.91 Å². The van der Waals surface area contributed by atoms with Crippen LogP contribution in [-0.2, 0) is 0 Å². The zero-order chi connectivity index (χ0) is 13.1. The molecule has 0 spiro atoms. The number of ether oxygens (including phenoxy) is 1. The van der Waals surface area contributed by atoms with Gasteiger partial charge in [0.2, 0.25) is 5.95 Å². The molecular formula is C8H8N6O4. The van der Waals surface area contributed by atoms with E-state index in [0.717, 1.165) is 0 Å². The lowest BCUT2D eigenvalue weighted by Crippen LogP contribution is -2.13. The van der Waals surface area contributed by atoms with Crippen molar-refractivity contribution in [1.29, 1.82) is 0 Å². The van der Waals surface area contributed by atoms with E-state index in [-0.39, 0.29) is 23.5 Å². The number of methoxy groups -OCH3 is 1. The van der Waals surface area contributed by atoms with Gasteiger partial charge >= 0.3 is 11.8 Å². The Morgan fingerprint density at radius 2 is 2.33 bits per heavy atom. The lowest BCUT2D eigenvalue weighted by atomic mass is 10.4. The predicted molar refractivity (Wildman–Crippen MR) is 58.3 cm³/mol. The summed E-state index contributed by atoms with van der Waals surface area (Å²) in [6.45, 7) is 0. The Bertz CT molecular complexity index is 588. The number of carbonyl (C=O) groups is 1. The smallest absolute Gasteiger partial charge is 0.336 e. The summed E-state index contributed by atoms with van der Waals surface area (Å²) in [6, 6.07) is 2.56. The van der Waals surface area contributed by atoms with E-state index in [2.05, 4.69) is 25.5 Å². The third-order valence-corrected chi connectivity index (χ3v) is 1.99. The standard InChI is InChI=1S/C8H8N6O4/c1-18-8-11-7(12-13-8)10-6(15)4-2-3-5(9-4)14(16)17/h2-3,9H,1H3,(H2,10,11,12,13,15). The predicted octanol–water partition coefficient (Wildman–Crippen LogP) is 0.302. The molecule has 0 aromatic carbocycles. The van der Waals surface area contributed by atoms with Crippen LogP contribution in [0.25, 0.3) is 0 Å². The number of nitrogens with one attached hydrogen (secondary N) is 3. The molecule has 0 atom stereocenters. The van der Waals surface area contributed by atoms with Gasteiger partial charge in [-0.1, -0.05) is 0 Å². The summed E-state index contributed by atoms with van der Waals surface area (Å²) in [5.74, 6) is -0.772. The van der Waals surface area contributed by atoms with Crippen molar-refractivity contribution in [2.75, 3.05) is 12.4 Å². The second-order valence-electron chi connectivity index (χ2n) is 3.14. The van der Waals surface area contributed by atoms with Gasteiger partial charge in [-0.05, 0) is 11.0 Å². The van der Waals surface area contributed by atoms with E-state index in [0.29, 0.717) is 0 Å². The van der Waals surface area contributed by atoms with Crippen molar-refractivity contribution in [3.05, 3.63) is 27.9 Å². The number of aromatic nitrogens is 4. The molecule has 3 N–H and O–H groups in total. The van der Waals surface area contributed by atoms with Gasteiger partial charge in [0, 0.05) is 6.07 Å². The quantitative estimate of drug-likeness (QED) is 0.528. The molecule has 2 rings (SSSR count). The molecule has 0 unspecified atom stereocenters. The fourth-order valence-corrected chi connectivity index (χ4v) is 1.19. The van der Waals surface area contributed by atoms with Crippen LogP contribution in [0, 0.1) is 10.1 Å². The summed E-state index contributed by atoms with van der Waals surface area (Å²) in [4.78, 5) is 27.6. The van der Waals surface area contributed by atoms with Gasteiger partial charge in [-0.25, -0.2) is 10.1 Å². The first-order chi connectivity index (χ1) is 8.60. The highest BCUT2D eigenvalue weighted by Gasteiger charge is 2.16. The Morgan fingerprint density at radius 1 is 1.56 bits per heavy atom. The lowest BCUT2D eigenvalue weighted by molar-refractivity contribution is -0.389. The molecule has 1 amide bonds. The van der Waals surface area contributed by atoms with E-state index < -0.39 is 10.8 Å². The minimum absolute atomic E-state index is 0.0390. The Hall–Kier alpha value is -2.91. The van der Waals surface area contributed by atoms with Crippen molar-refractivity contribution < 1.29 is 14.5 Å². The van der Waals surface area contributed by atoms with Crippen LogP contribution < -0.4 is 10.1 Å². The number of amides is 1. The largest absolute Gasteiger partial charge is 0.466 e. The maximum atomic E-state index is 11.7. The van der Waals surface area contributed by atoms with Gasteiger partial charge in [0.15, 0.2) is 5.69 Å². The molecule has 18 heavy (non-hydrogen) atoms. The number of aromatic amines is 2. The Morgan fingerprint density at radius 3 is 2.89 bits per heavy atom. The third-order valence-electron chi connectivity index (χ3n) is 1.99. The van der Waals surface area contributed by atoms with Gasteiger partial charge in [0.1, 0.15) is 0 Å². The summed E-state index contributed by atoms with van der Waals surface area (Å²) in [7, 11) is 1.38. The highest BCUT2D eigenvalue weighted by Crippen LogP contribution is 2.11. The van der Waals surface area contributed by atoms with Crippen molar-refractivity contribution in [1.82, 2.24) is 20.2 Å². The van der Waals surface area contributed by atoms with Crippen LogP contribution in [0.3, 0.4) is 0 Å². The van der Waals surface area contributed by atoms with Gasteiger partial charge in [-0.15, -0.1) is 5.10 Å². The first kappa shape index (κ1) is 11.6. The van der Waals surface area contributed by atoms with Crippen molar-refractivity contribution >= 4 is 17.7 Å². The van der Waals surface area contributed by atoms with E-state index in [9.17, 15) is 14.9 Å². The molecule has 0 aliphatic carbocycles. The van der Waals surface area contributed by atoms with Crippen LogP contribution in [0.2, 0.25) is 0 Å². The van der Waals surface area contributed by atoms with Gasteiger partial charge in [0.05, 0.1) is 7.11 Å². The topological polar surface area (TPSA) is 139 Å². The van der Waals surface area contributed by atoms with Crippen molar-refractivity contribution in [3.8, 4) is 6.01 Å². The molecule has 2 heterocycles. The van der Waals surface area contributed by atoms with Gasteiger partial charge in [-0.2, -0.15) is 4.98 Å². The molecule has 0 fully saturated rings. The van der Waals surface area contributed by atoms with E-state index in [1.54, 1.807) is 0 Å². The molecule has 0 saturated carbocycles. The van der Waals surface area contributed by atoms with E-state index in [4.69, 9.17) is 4.74 Å². The molecule has 0 aliphatic heterocycles. The highest BCUT2D eigenvalue weighted by molar-refractivity contribution is 6.02. The van der Waals surface area contributed by atoms with E-state index in [1.165, 1.54) is 19.2 Å². The van der Waals surface area contributed by atoms with Gasteiger partial charge in [-0.3, -0.25) is 10.1 Å². The molecule has 2 aromatic heterocycles. The number of nitro groups is 1. The number of carbonyl (C=O) groups excluding carboxylic acids is 1. The van der Waals surface area contributed by atoms with Crippen LogP contribution in [-0.4, -0.2) is 38.1 Å². The average Bonchev–Trinajstić information content (AvgIpc) is 2.97. The lowest BCUT2D eigenvalue weighted by Gasteiger charge is -1.95. The Kier molecular flexibility index (Phi) is 2.91. The normalized spacial score (nSPS) is 10.1. The first-order valence-corrected chi connectivity index (χ1v) is 4.71. The zero-order valence-electron chi connectivity index (χ0n) is 9.13. The van der Waals surface area contributed by atoms with Crippen LogP contribution >= 0.6 is 0 Å². The second-order valence-corrected chi connectivity index (χ2v) is 3.14. The molecule has 0 bridgehead atoms. The van der Waals surface area contributed by atoms with Crippen LogP contribution in [0.5, 0.6) is 6.01 Å². The fourth-order valence-electron chi connectivity index (χ4n) is 1.19. The molecule has 0 radical (unpaired) electrons. The van der Waals surface area contributed by atoms with Crippen LogP contribution in [0.1, 0.15) is 10.5 Å². The van der Waals surface area contributed by atoms with Crippen LogP contribution in [0.4, 0.5) is 11.8 Å². The van der Waals surface area contributed by atoms with Gasteiger partial charge < -0.3 is 14.9 Å². The summed E-state index contributed by atoms with van der Waals surface area (Å²) >= 11 is 0. The number of nitrogens with zero attached hydrogens (tertiary/aromatic N) is 3. The first-order valence-electron chi connectivity index (χ1n) is 4.71. The maximum absolute atomic E-state index is 11.7. The summed E-state index contributed by atoms with van der Waals surface area (Å²) in [5.41, 5.74) is 0.0390. The highest BCUT2D eigenvalue weighted by atomic mass is 16.6. The van der Waals surface area contributed by atoms with Crippen molar-refractivity contribution in [2.45, 2.75) is 0 Å². The number of hydrogen-bond acceptors (Lipinski definition) is 6.